The minimum Gasteiger partial charge on any atom is -0.496 e. The molecule has 2 aromatic rings. The molecule has 0 aliphatic rings. The number of hydrogen-bond donors (Lipinski definition) is 1. The third-order valence-corrected chi connectivity index (χ3v) is 2.56. The lowest BCUT2D eigenvalue weighted by atomic mass is 10.1. The van der Waals surface area contributed by atoms with Crippen LogP contribution in [0.1, 0.15) is 17.4 Å². The number of nitrogens with zero attached hydrogens (tertiary/aromatic N) is 3. The molecule has 6 nitrogen and oxygen atoms in total. The normalized spacial score (nSPS) is 10.5. The molecule has 0 aliphatic heterocycles. The van der Waals surface area contributed by atoms with Crippen molar-refractivity contribution in [2.75, 3.05) is 7.11 Å². The van der Waals surface area contributed by atoms with E-state index in [-0.39, 0.29) is 17.0 Å². The number of aromatic nitrogens is 3. The zero-order chi connectivity index (χ0) is 14.0. The van der Waals surface area contributed by atoms with Crippen molar-refractivity contribution in [3.8, 4) is 17.0 Å². The molecule has 0 bridgehead atoms. The lowest BCUT2D eigenvalue weighted by molar-refractivity contribution is 0.0690. The van der Waals surface area contributed by atoms with Gasteiger partial charge in [0.1, 0.15) is 17.3 Å². The van der Waals surface area contributed by atoms with E-state index in [1.165, 1.54) is 30.1 Å². The second kappa shape index (κ2) is 5.05. The van der Waals surface area contributed by atoms with Gasteiger partial charge in [-0.2, -0.15) is 9.90 Å². The molecule has 2 rings (SSSR count). The number of halogens is 1. The van der Waals surface area contributed by atoms with Crippen molar-refractivity contribution in [3.63, 3.8) is 0 Å². The molecule has 0 amide bonds. The van der Waals surface area contributed by atoms with Gasteiger partial charge in [-0.1, -0.05) is 0 Å². The fourth-order valence-electron chi connectivity index (χ4n) is 1.68. The molecule has 7 heteroatoms. The Morgan fingerprint density at radius 2 is 2.21 bits per heavy atom. The van der Waals surface area contributed by atoms with Gasteiger partial charge in [0.15, 0.2) is 5.69 Å². The SMILES string of the molecule is CCn1nc(C(=O)O)c(-c2cc(F)ccc2OC)n1. The molecular weight excluding hydrogens is 253 g/mol. The molecule has 0 radical (unpaired) electrons. The van der Waals surface area contributed by atoms with Crippen molar-refractivity contribution in [1.29, 1.82) is 0 Å². The van der Waals surface area contributed by atoms with E-state index in [4.69, 9.17) is 9.84 Å². The highest BCUT2D eigenvalue weighted by molar-refractivity contribution is 5.93. The maximum atomic E-state index is 13.3. The number of benzene rings is 1. The molecule has 0 fully saturated rings. The summed E-state index contributed by atoms with van der Waals surface area (Å²) in [5, 5.41) is 17.0. The first-order valence-electron chi connectivity index (χ1n) is 5.59. The summed E-state index contributed by atoms with van der Waals surface area (Å²) in [7, 11) is 1.42. The molecule has 0 unspecified atom stereocenters. The number of carboxylic acid groups (broad SMARTS) is 1. The molecular formula is C12H12FN3O3. The van der Waals surface area contributed by atoms with Gasteiger partial charge < -0.3 is 9.84 Å². The molecule has 0 saturated heterocycles. The number of carboxylic acids is 1. The van der Waals surface area contributed by atoms with Gasteiger partial charge in [0, 0.05) is 5.56 Å². The van der Waals surface area contributed by atoms with Gasteiger partial charge in [-0.15, -0.1) is 5.10 Å². The minimum absolute atomic E-state index is 0.0886. The van der Waals surface area contributed by atoms with E-state index >= 15 is 0 Å². The summed E-state index contributed by atoms with van der Waals surface area (Å²) in [4.78, 5) is 12.4. The van der Waals surface area contributed by atoms with Gasteiger partial charge in [0.25, 0.3) is 0 Å². The first kappa shape index (κ1) is 13.0. The van der Waals surface area contributed by atoms with Crippen LogP contribution in [0.25, 0.3) is 11.3 Å². The summed E-state index contributed by atoms with van der Waals surface area (Å²) in [6.45, 7) is 2.19. The summed E-state index contributed by atoms with van der Waals surface area (Å²) >= 11 is 0. The van der Waals surface area contributed by atoms with Crippen LogP contribution >= 0.6 is 0 Å². The smallest absolute Gasteiger partial charge is 0.358 e. The van der Waals surface area contributed by atoms with Crippen molar-refractivity contribution in [2.24, 2.45) is 0 Å². The van der Waals surface area contributed by atoms with Gasteiger partial charge in [-0.25, -0.2) is 9.18 Å². The molecule has 100 valence electrons. The molecule has 19 heavy (non-hydrogen) atoms. The first-order valence-corrected chi connectivity index (χ1v) is 5.59. The number of rotatable bonds is 4. The Morgan fingerprint density at radius 1 is 1.47 bits per heavy atom. The van der Waals surface area contributed by atoms with Crippen LogP contribution in [0.2, 0.25) is 0 Å². The largest absolute Gasteiger partial charge is 0.496 e. The Hall–Kier alpha value is -2.44. The van der Waals surface area contributed by atoms with Gasteiger partial charge in [0.2, 0.25) is 0 Å². The topological polar surface area (TPSA) is 77.2 Å². The van der Waals surface area contributed by atoms with E-state index in [1.54, 1.807) is 6.92 Å². The quantitative estimate of drug-likeness (QED) is 0.912. The zero-order valence-electron chi connectivity index (χ0n) is 10.4. The summed E-state index contributed by atoms with van der Waals surface area (Å²) in [6.07, 6.45) is 0. The van der Waals surface area contributed by atoms with Crippen LogP contribution in [0.5, 0.6) is 5.75 Å². The van der Waals surface area contributed by atoms with Crippen molar-refractivity contribution in [3.05, 3.63) is 29.7 Å². The van der Waals surface area contributed by atoms with E-state index < -0.39 is 11.8 Å². The number of aromatic carboxylic acids is 1. The molecule has 0 atom stereocenters. The van der Waals surface area contributed by atoms with Crippen molar-refractivity contribution >= 4 is 5.97 Å². The fraction of sp³-hybridized carbons (Fsp3) is 0.250. The Balaban J connectivity index is 2.66. The zero-order valence-corrected chi connectivity index (χ0v) is 10.4. The van der Waals surface area contributed by atoms with Crippen LogP contribution in [0, 0.1) is 5.82 Å². The molecule has 0 saturated carbocycles. The average Bonchev–Trinajstić information content (AvgIpc) is 2.83. The van der Waals surface area contributed by atoms with E-state index in [2.05, 4.69) is 10.2 Å². The Labute approximate surface area is 108 Å². The summed E-state index contributed by atoms with van der Waals surface area (Å²) in [5.41, 5.74) is 0.121. The highest BCUT2D eigenvalue weighted by Gasteiger charge is 2.22. The highest BCUT2D eigenvalue weighted by Crippen LogP contribution is 2.31. The lowest BCUT2D eigenvalue weighted by Crippen LogP contribution is -2.02. The Bertz CT molecular complexity index is 625. The van der Waals surface area contributed by atoms with Crippen LogP contribution in [-0.4, -0.2) is 33.2 Å². The van der Waals surface area contributed by atoms with Gasteiger partial charge >= 0.3 is 5.97 Å². The van der Waals surface area contributed by atoms with E-state index in [1.807, 2.05) is 0 Å². The summed E-state index contributed by atoms with van der Waals surface area (Å²) in [6, 6.07) is 3.82. The molecule has 1 aromatic heterocycles. The van der Waals surface area contributed by atoms with E-state index in [0.717, 1.165) is 0 Å². The number of aryl methyl sites for hydroxylation is 1. The monoisotopic (exact) mass is 265 g/mol. The summed E-state index contributed by atoms with van der Waals surface area (Å²) in [5.74, 6) is -1.38. The van der Waals surface area contributed by atoms with Crippen LogP contribution in [0.3, 0.4) is 0 Å². The molecule has 1 heterocycles. The molecule has 0 spiro atoms. The predicted molar refractivity (Wildman–Crippen MR) is 64.6 cm³/mol. The van der Waals surface area contributed by atoms with E-state index in [9.17, 15) is 9.18 Å². The molecule has 0 aliphatic carbocycles. The number of methoxy groups -OCH3 is 1. The Morgan fingerprint density at radius 3 is 2.79 bits per heavy atom. The van der Waals surface area contributed by atoms with Crippen molar-refractivity contribution in [1.82, 2.24) is 15.0 Å². The van der Waals surface area contributed by atoms with Gasteiger partial charge in [-0.3, -0.25) is 0 Å². The Kier molecular flexibility index (Phi) is 3.46. The van der Waals surface area contributed by atoms with Gasteiger partial charge in [0.05, 0.1) is 13.7 Å². The van der Waals surface area contributed by atoms with Crippen LogP contribution < -0.4 is 4.74 Å². The minimum atomic E-state index is -1.22. The lowest BCUT2D eigenvalue weighted by Gasteiger charge is -2.06. The maximum absolute atomic E-state index is 13.3. The average molecular weight is 265 g/mol. The standard InChI is InChI=1S/C12H12FN3O3/c1-3-16-14-10(11(15-16)12(17)18)8-6-7(13)4-5-9(8)19-2/h4-6H,3H2,1-2H3,(H,17,18). The first-order chi connectivity index (χ1) is 9.06. The maximum Gasteiger partial charge on any atom is 0.358 e. The van der Waals surface area contributed by atoms with E-state index in [0.29, 0.717) is 12.3 Å². The third-order valence-electron chi connectivity index (χ3n) is 2.56. The van der Waals surface area contributed by atoms with Crippen LogP contribution in [-0.2, 0) is 6.54 Å². The van der Waals surface area contributed by atoms with Crippen LogP contribution in [0.15, 0.2) is 18.2 Å². The second-order valence-corrected chi connectivity index (χ2v) is 3.74. The number of carbonyl (C=O) groups is 1. The van der Waals surface area contributed by atoms with Crippen molar-refractivity contribution < 1.29 is 19.0 Å². The number of ether oxygens (including phenoxy) is 1. The number of hydrogen-bond acceptors (Lipinski definition) is 4. The third kappa shape index (κ3) is 2.40. The molecule has 1 aromatic carbocycles. The molecule has 1 N–H and O–H groups in total. The van der Waals surface area contributed by atoms with Crippen molar-refractivity contribution in [2.45, 2.75) is 13.5 Å². The predicted octanol–water partition coefficient (Wildman–Crippen LogP) is 1.81. The van der Waals surface area contributed by atoms with Crippen LogP contribution in [0.4, 0.5) is 4.39 Å². The summed E-state index contributed by atoms with van der Waals surface area (Å²) < 4.78 is 18.4. The van der Waals surface area contributed by atoms with Gasteiger partial charge in [-0.05, 0) is 25.1 Å². The highest BCUT2D eigenvalue weighted by atomic mass is 19.1. The second-order valence-electron chi connectivity index (χ2n) is 3.74. The fourth-order valence-corrected chi connectivity index (χ4v) is 1.68.